The van der Waals surface area contributed by atoms with Crippen LogP contribution in [0.1, 0.15) is 51.2 Å². The van der Waals surface area contributed by atoms with Gasteiger partial charge in [-0.05, 0) is 41.5 Å². The monoisotopic (exact) mass is 438 g/mol. The first-order chi connectivity index (χ1) is 15.2. The van der Waals surface area contributed by atoms with E-state index in [1.165, 1.54) is 6.92 Å². The molecule has 0 heterocycles. The molecule has 0 aliphatic heterocycles. The summed E-state index contributed by atoms with van der Waals surface area (Å²) in [6.45, 7) is 6.81. The van der Waals surface area contributed by atoms with Crippen molar-refractivity contribution in [2.45, 2.75) is 51.6 Å². The van der Waals surface area contributed by atoms with E-state index >= 15 is 0 Å². The van der Waals surface area contributed by atoms with Crippen LogP contribution in [0, 0.1) is 5.92 Å². The van der Waals surface area contributed by atoms with Crippen LogP contribution < -0.4 is 10.6 Å². The van der Waals surface area contributed by atoms with E-state index in [4.69, 9.17) is 4.74 Å². The average molecular weight is 439 g/mol. The maximum absolute atomic E-state index is 12.7. The lowest BCUT2D eigenvalue weighted by Gasteiger charge is -2.29. The molecule has 0 saturated carbocycles. The number of nitrogens with one attached hydrogen (secondary N) is 2. The molecule has 2 amide bonds. The minimum atomic E-state index is -1.41. The van der Waals surface area contributed by atoms with Gasteiger partial charge in [0, 0.05) is 5.92 Å². The molecule has 2 aromatic carbocycles. The Bertz CT molecular complexity index is 973. The zero-order valence-electron chi connectivity index (χ0n) is 18.8. The summed E-state index contributed by atoms with van der Waals surface area (Å²) in [6.07, 6.45) is -0.502. The fraction of sp³-hybridized carbons (Fsp3) is 0.400. The Hall–Kier alpha value is -3.35. The summed E-state index contributed by atoms with van der Waals surface area (Å²) >= 11 is 0. The number of ether oxygens (including phenoxy) is 1. The largest absolute Gasteiger partial charge is 0.480 e. The van der Waals surface area contributed by atoms with Gasteiger partial charge in [0.25, 0.3) is 0 Å². The van der Waals surface area contributed by atoms with Crippen molar-refractivity contribution in [2.24, 2.45) is 5.92 Å². The lowest BCUT2D eigenvalue weighted by Crippen LogP contribution is -2.58. The number of benzene rings is 2. The maximum atomic E-state index is 12.7. The molecule has 3 rings (SSSR count). The van der Waals surface area contributed by atoms with Gasteiger partial charge in [-0.2, -0.15) is 0 Å². The van der Waals surface area contributed by atoms with Gasteiger partial charge in [0.2, 0.25) is 5.91 Å². The number of carboxylic acid groups (broad SMARTS) is 1. The second-order valence-corrected chi connectivity index (χ2v) is 8.67. The van der Waals surface area contributed by atoms with Crippen LogP contribution in [0.4, 0.5) is 4.79 Å². The highest BCUT2D eigenvalue weighted by Crippen LogP contribution is 2.44. The van der Waals surface area contributed by atoms with Crippen LogP contribution in [-0.4, -0.2) is 41.3 Å². The topological polar surface area (TPSA) is 105 Å². The molecule has 0 aromatic heterocycles. The Morgan fingerprint density at radius 3 is 2.03 bits per heavy atom. The first kappa shape index (κ1) is 23.3. The number of carbonyl (C=O) groups excluding carboxylic acids is 2. The van der Waals surface area contributed by atoms with E-state index in [2.05, 4.69) is 22.8 Å². The Morgan fingerprint density at radius 2 is 1.56 bits per heavy atom. The highest BCUT2D eigenvalue weighted by atomic mass is 16.5. The molecule has 0 saturated heterocycles. The molecular formula is C25H30N2O5. The zero-order chi connectivity index (χ0) is 23.5. The van der Waals surface area contributed by atoms with Gasteiger partial charge in [0.15, 0.2) is 0 Å². The summed E-state index contributed by atoms with van der Waals surface area (Å²) in [5, 5.41) is 14.6. The van der Waals surface area contributed by atoms with Crippen molar-refractivity contribution < 1.29 is 24.2 Å². The van der Waals surface area contributed by atoms with Gasteiger partial charge in [-0.15, -0.1) is 0 Å². The van der Waals surface area contributed by atoms with Crippen molar-refractivity contribution in [1.82, 2.24) is 10.6 Å². The predicted octanol–water partition coefficient (Wildman–Crippen LogP) is 3.92. The quantitative estimate of drug-likeness (QED) is 0.579. The smallest absolute Gasteiger partial charge is 0.407 e. The summed E-state index contributed by atoms with van der Waals surface area (Å²) in [6, 6.07) is 15.1. The lowest BCUT2D eigenvalue weighted by molar-refractivity contribution is -0.147. The molecule has 1 aliphatic rings. The third kappa shape index (κ3) is 4.61. The van der Waals surface area contributed by atoms with Crippen LogP contribution in [0.15, 0.2) is 48.5 Å². The van der Waals surface area contributed by atoms with E-state index in [0.29, 0.717) is 0 Å². The van der Waals surface area contributed by atoms with Crippen LogP contribution in [0.5, 0.6) is 0 Å². The van der Waals surface area contributed by atoms with E-state index in [0.717, 1.165) is 22.3 Å². The highest BCUT2D eigenvalue weighted by Gasteiger charge is 2.36. The Balaban J connectivity index is 1.68. The summed E-state index contributed by atoms with van der Waals surface area (Å²) in [7, 11) is 0. The van der Waals surface area contributed by atoms with Gasteiger partial charge in [0.1, 0.15) is 18.2 Å². The Kier molecular flexibility index (Phi) is 6.87. The fourth-order valence-electron chi connectivity index (χ4n) is 3.94. The molecule has 32 heavy (non-hydrogen) atoms. The maximum Gasteiger partial charge on any atom is 0.407 e. The van der Waals surface area contributed by atoms with Crippen molar-refractivity contribution in [1.29, 1.82) is 0 Å². The molecule has 2 aromatic rings. The molecule has 0 bridgehead atoms. The van der Waals surface area contributed by atoms with Crippen molar-refractivity contribution >= 4 is 18.0 Å². The molecule has 3 N–H and O–H groups in total. The number of hydrogen-bond donors (Lipinski definition) is 3. The van der Waals surface area contributed by atoms with E-state index in [1.807, 2.05) is 36.4 Å². The van der Waals surface area contributed by atoms with Crippen LogP contribution >= 0.6 is 0 Å². The van der Waals surface area contributed by atoms with Crippen molar-refractivity contribution in [3.8, 4) is 11.1 Å². The normalized spacial score (nSPS) is 15.3. The van der Waals surface area contributed by atoms with Gasteiger partial charge in [-0.25, -0.2) is 9.59 Å². The lowest BCUT2D eigenvalue weighted by atomic mass is 9.96. The Labute approximate surface area is 188 Å². The van der Waals surface area contributed by atoms with Gasteiger partial charge < -0.3 is 20.5 Å². The summed E-state index contributed by atoms with van der Waals surface area (Å²) in [5.41, 5.74) is 3.04. The second-order valence-electron chi connectivity index (χ2n) is 8.67. The van der Waals surface area contributed by atoms with Crippen LogP contribution in [0.3, 0.4) is 0 Å². The molecule has 7 nitrogen and oxygen atoms in total. The molecule has 0 radical (unpaired) electrons. The summed E-state index contributed by atoms with van der Waals surface area (Å²) in [5.74, 6) is -2.03. The molecule has 0 spiro atoms. The number of carbonyl (C=O) groups is 3. The minimum Gasteiger partial charge on any atom is -0.480 e. The SMILES string of the molecule is CCC(C)(NC(=O)[C@H](NC(=O)OCC1c2ccccc2-c2ccccc21)C(C)C)C(=O)O. The fourth-order valence-corrected chi connectivity index (χ4v) is 3.94. The highest BCUT2D eigenvalue weighted by molar-refractivity contribution is 5.91. The van der Waals surface area contributed by atoms with Gasteiger partial charge in [-0.3, -0.25) is 4.79 Å². The average Bonchev–Trinajstić information content (AvgIpc) is 3.09. The Morgan fingerprint density at radius 1 is 1.03 bits per heavy atom. The molecule has 170 valence electrons. The molecular weight excluding hydrogens is 408 g/mol. The standard InChI is InChI=1S/C25H30N2O5/c1-5-25(4,23(29)30)27-22(28)21(15(2)3)26-24(31)32-14-20-18-12-8-6-10-16(18)17-11-7-9-13-19(17)20/h6-13,15,20-21H,5,14H2,1-4H3,(H,26,31)(H,27,28)(H,29,30)/t21-,25?/m1/s1. The van der Waals surface area contributed by atoms with E-state index in [1.54, 1.807) is 20.8 Å². The second kappa shape index (κ2) is 9.42. The van der Waals surface area contributed by atoms with Crippen molar-refractivity contribution in [3.63, 3.8) is 0 Å². The van der Waals surface area contributed by atoms with Crippen molar-refractivity contribution in [3.05, 3.63) is 59.7 Å². The van der Waals surface area contributed by atoms with Crippen LogP contribution in [0.25, 0.3) is 11.1 Å². The summed E-state index contributed by atoms with van der Waals surface area (Å²) < 4.78 is 5.53. The number of alkyl carbamates (subject to hydrolysis) is 1. The molecule has 1 aliphatic carbocycles. The number of rotatable bonds is 8. The van der Waals surface area contributed by atoms with E-state index < -0.39 is 29.6 Å². The van der Waals surface area contributed by atoms with Crippen LogP contribution in [-0.2, 0) is 14.3 Å². The van der Waals surface area contributed by atoms with E-state index in [-0.39, 0.29) is 24.9 Å². The van der Waals surface area contributed by atoms with E-state index in [9.17, 15) is 19.5 Å². The number of fused-ring (bicyclic) bond motifs is 3. The summed E-state index contributed by atoms with van der Waals surface area (Å²) in [4.78, 5) is 36.9. The van der Waals surface area contributed by atoms with Crippen molar-refractivity contribution in [2.75, 3.05) is 6.61 Å². The zero-order valence-corrected chi connectivity index (χ0v) is 18.8. The van der Waals surface area contributed by atoms with Gasteiger partial charge in [0.05, 0.1) is 0 Å². The van der Waals surface area contributed by atoms with Gasteiger partial charge >= 0.3 is 12.1 Å². The third-order valence-electron chi connectivity index (χ3n) is 6.14. The minimum absolute atomic E-state index is 0.0881. The third-order valence-corrected chi connectivity index (χ3v) is 6.14. The number of amides is 2. The van der Waals surface area contributed by atoms with Crippen LogP contribution in [0.2, 0.25) is 0 Å². The molecule has 1 unspecified atom stereocenters. The van der Waals surface area contributed by atoms with Gasteiger partial charge in [-0.1, -0.05) is 69.3 Å². The number of aliphatic carboxylic acids is 1. The number of hydrogen-bond acceptors (Lipinski definition) is 4. The first-order valence-corrected chi connectivity index (χ1v) is 10.8. The molecule has 7 heteroatoms. The molecule has 0 fully saturated rings. The first-order valence-electron chi connectivity index (χ1n) is 10.8. The number of carboxylic acids is 1. The predicted molar refractivity (Wildman–Crippen MR) is 121 cm³/mol. The molecule has 2 atom stereocenters.